The van der Waals surface area contributed by atoms with Crippen LogP contribution >= 0.6 is 11.6 Å². The summed E-state index contributed by atoms with van der Waals surface area (Å²) in [6.45, 7) is 3.92. The van der Waals surface area contributed by atoms with Crippen molar-refractivity contribution >= 4 is 11.6 Å². The number of hydrogen-bond donors (Lipinski definition) is 1. The van der Waals surface area contributed by atoms with E-state index in [1.807, 2.05) is 25.1 Å². The van der Waals surface area contributed by atoms with E-state index in [1.54, 1.807) is 11.8 Å². The van der Waals surface area contributed by atoms with Crippen molar-refractivity contribution in [3.8, 4) is 5.69 Å². The van der Waals surface area contributed by atoms with E-state index in [4.69, 9.17) is 16.3 Å². The molecule has 1 heterocycles. The van der Waals surface area contributed by atoms with Gasteiger partial charge < -0.3 is 10.1 Å². The number of methoxy groups -OCH3 is 1. The molecule has 0 spiro atoms. The average Bonchev–Trinajstić information content (AvgIpc) is 2.86. The first-order valence-electron chi connectivity index (χ1n) is 5.96. The number of rotatable bonds is 6. The van der Waals surface area contributed by atoms with Crippen molar-refractivity contribution in [2.75, 3.05) is 20.3 Å². The Hall–Kier alpha value is -1.50. The van der Waals surface area contributed by atoms with Crippen LogP contribution < -0.4 is 5.32 Å². The van der Waals surface area contributed by atoms with Gasteiger partial charge in [0.15, 0.2) is 5.82 Å². The first-order chi connectivity index (χ1) is 9.24. The summed E-state index contributed by atoms with van der Waals surface area (Å²) < 4.78 is 6.67. The maximum absolute atomic E-state index is 6.11. The Morgan fingerprint density at radius 3 is 3.05 bits per heavy atom. The maximum atomic E-state index is 6.11. The topological polar surface area (TPSA) is 64.9 Å². The van der Waals surface area contributed by atoms with Gasteiger partial charge in [-0.3, -0.25) is 0 Å². The van der Waals surface area contributed by atoms with Crippen LogP contribution in [0.15, 0.2) is 18.2 Å². The zero-order valence-corrected chi connectivity index (χ0v) is 11.7. The van der Waals surface area contributed by atoms with Gasteiger partial charge in [-0.1, -0.05) is 17.7 Å². The second kappa shape index (κ2) is 6.60. The van der Waals surface area contributed by atoms with Crippen LogP contribution in [-0.2, 0) is 11.3 Å². The van der Waals surface area contributed by atoms with E-state index < -0.39 is 0 Å². The number of benzene rings is 1. The summed E-state index contributed by atoms with van der Waals surface area (Å²) >= 11 is 6.11. The molecule has 0 fully saturated rings. The van der Waals surface area contributed by atoms with Crippen LogP contribution in [0, 0.1) is 6.92 Å². The van der Waals surface area contributed by atoms with Crippen molar-refractivity contribution < 1.29 is 4.74 Å². The van der Waals surface area contributed by atoms with Crippen LogP contribution in [0.1, 0.15) is 11.4 Å². The summed E-state index contributed by atoms with van der Waals surface area (Å²) in [4.78, 5) is 0. The number of ether oxygens (including phenoxy) is 1. The monoisotopic (exact) mass is 281 g/mol. The Kier molecular flexibility index (Phi) is 4.84. The molecule has 19 heavy (non-hydrogen) atoms. The Bertz CT molecular complexity index is 543. The Morgan fingerprint density at radius 1 is 1.42 bits per heavy atom. The summed E-state index contributed by atoms with van der Waals surface area (Å²) in [6.07, 6.45) is 0. The van der Waals surface area contributed by atoms with Crippen LogP contribution in [0.25, 0.3) is 5.69 Å². The van der Waals surface area contributed by atoms with Crippen LogP contribution in [0.2, 0.25) is 5.02 Å². The fraction of sp³-hybridized carbons (Fsp3) is 0.417. The van der Waals surface area contributed by atoms with Crippen molar-refractivity contribution in [3.63, 3.8) is 0 Å². The molecular weight excluding hydrogens is 266 g/mol. The summed E-state index contributed by atoms with van der Waals surface area (Å²) in [5.41, 5.74) is 1.84. The molecule has 1 aromatic carbocycles. The lowest BCUT2D eigenvalue weighted by atomic mass is 10.2. The van der Waals surface area contributed by atoms with Gasteiger partial charge in [-0.25, -0.2) is 0 Å². The van der Waals surface area contributed by atoms with Gasteiger partial charge >= 0.3 is 0 Å². The zero-order chi connectivity index (χ0) is 13.7. The molecule has 1 aromatic heterocycles. The summed E-state index contributed by atoms with van der Waals surface area (Å²) in [5.74, 6) is 0.737. The first-order valence-corrected chi connectivity index (χ1v) is 6.34. The summed E-state index contributed by atoms with van der Waals surface area (Å²) in [5, 5.41) is 15.7. The van der Waals surface area contributed by atoms with Gasteiger partial charge in [0.1, 0.15) is 0 Å². The lowest BCUT2D eigenvalue weighted by molar-refractivity contribution is 0.199. The molecule has 0 saturated heterocycles. The van der Waals surface area contributed by atoms with Crippen molar-refractivity contribution in [1.29, 1.82) is 0 Å². The van der Waals surface area contributed by atoms with E-state index in [0.717, 1.165) is 23.6 Å². The summed E-state index contributed by atoms with van der Waals surface area (Å²) in [6, 6.07) is 5.67. The van der Waals surface area contributed by atoms with Crippen LogP contribution in [0.5, 0.6) is 0 Å². The third kappa shape index (κ3) is 3.28. The Balaban J connectivity index is 2.17. The van der Waals surface area contributed by atoms with Crippen LogP contribution in [-0.4, -0.2) is 40.5 Å². The van der Waals surface area contributed by atoms with Crippen molar-refractivity contribution in [1.82, 2.24) is 25.5 Å². The fourth-order valence-electron chi connectivity index (χ4n) is 1.70. The SMILES string of the molecule is COCCNCc1nnnn1-c1cccc(Cl)c1C. The van der Waals surface area contributed by atoms with Gasteiger partial charge in [-0.2, -0.15) is 4.68 Å². The minimum absolute atomic E-state index is 0.572. The molecule has 0 unspecified atom stereocenters. The molecular formula is C12H16ClN5O. The molecule has 0 aliphatic heterocycles. The van der Waals surface area contributed by atoms with Gasteiger partial charge in [0.25, 0.3) is 0 Å². The van der Waals surface area contributed by atoms with Crippen molar-refractivity contribution in [2.45, 2.75) is 13.5 Å². The molecule has 6 nitrogen and oxygen atoms in total. The first kappa shape index (κ1) is 13.9. The normalized spacial score (nSPS) is 10.9. The van der Waals surface area contributed by atoms with Gasteiger partial charge in [-0.15, -0.1) is 5.10 Å². The average molecular weight is 282 g/mol. The van der Waals surface area contributed by atoms with Gasteiger partial charge in [-0.05, 0) is 35.0 Å². The predicted octanol–water partition coefficient (Wildman–Crippen LogP) is 1.36. The van der Waals surface area contributed by atoms with E-state index in [-0.39, 0.29) is 0 Å². The number of hydrogen-bond acceptors (Lipinski definition) is 5. The highest BCUT2D eigenvalue weighted by Crippen LogP contribution is 2.21. The number of nitrogens with zero attached hydrogens (tertiary/aromatic N) is 4. The molecule has 7 heteroatoms. The highest BCUT2D eigenvalue weighted by atomic mass is 35.5. The third-order valence-electron chi connectivity index (χ3n) is 2.77. The molecule has 0 saturated carbocycles. The lowest BCUT2D eigenvalue weighted by Crippen LogP contribution is -2.21. The molecule has 0 amide bonds. The molecule has 2 aromatic rings. The van der Waals surface area contributed by atoms with Crippen LogP contribution in [0.4, 0.5) is 0 Å². The molecule has 102 valence electrons. The second-order valence-electron chi connectivity index (χ2n) is 4.06. The quantitative estimate of drug-likeness (QED) is 0.810. The third-order valence-corrected chi connectivity index (χ3v) is 3.18. The fourth-order valence-corrected chi connectivity index (χ4v) is 1.87. The highest BCUT2D eigenvalue weighted by molar-refractivity contribution is 6.31. The molecule has 1 N–H and O–H groups in total. The number of halogens is 1. The molecule has 0 radical (unpaired) electrons. The number of tetrazole rings is 1. The summed E-state index contributed by atoms with van der Waals surface area (Å²) in [7, 11) is 1.67. The van der Waals surface area contributed by atoms with E-state index >= 15 is 0 Å². The van der Waals surface area contributed by atoms with E-state index in [9.17, 15) is 0 Å². The van der Waals surface area contributed by atoms with Crippen molar-refractivity contribution in [2.24, 2.45) is 0 Å². The van der Waals surface area contributed by atoms with Crippen LogP contribution in [0.3, 0.4) is 0 Å². The predicted molar refractivity (Wildman–Crippen MR) is 72.5 cm³/mol. The minimum Gasteiger partial charge on any atom is -0.383 e. The number of nitrogens with one attached hydrogen (secondary N) is 1. The zero-order valence-electron chi connectivity index (χ0n) is 10.9. The Labute approximate surface area is 116 Å². The Morgan fingerprint density at radius 2 is 2.26 bits per heavy atom. The standard InChI is InChI=1S/C12H16ClN5O/c1-9-10(13)4-3-5-11(9)18-12(15-16-17-18)8-14-6-7-19-2/h3-5,14H,6-8H2,1-2H3. The van der Waals surface area contributed by atoms with E-state index in [1.165, 1.54) is 0 Å². The highest BCUT2D eigenvalue weighted by Gasteiger charge is 2.11. The number of aromatic nitrogens is 4. The van der Waals surface area contributed by atoms with E-state index in [0.29, 0.717) is 18.2 Å². The lowest BCUT2D eigenvalue weighted by Gasteiger charge is -2.09. The van der Waals surface area contributed by atoms with Gasteiger partial charge in [0.05, 0.1) is 18.8 Å². The second-order valence-corrected chi connectivity index (χ2v) is 4.47. The van der Waals surface area contributed by atoms with Crippen molar-refractivity contribution in [3.05, 3.63) is 34.6 Å². The molecule has 0 aliphatic carbocycles. The van der Waals surface area contributed by atoms with Gasteiger partial charge in [0.2, 0.25) is 0 Å². The smallest absolute Gasteiger partial charge is 0.170 e. The van der Waals surface area contributed by atoms with E-state index in [2.05, 4.69) is 20.8 Å². The molecule has 2 rings (SSSR count). The maximum Gasteiger partial charge on any atom is 0.170 e. The molecule has 0 bridgehead atoms. The van der Waals surface area contributed by atoms with Gasteiger partial charge in [0, 0.05) is 18.7 Å². The minimum atomic E-state index is 0.572. The molecule has 0 aliphatic rings. The molecule has 0 atom stereocenters. The largest absolute Gasteiger partial charge is 0.383 e.